The number of fused-ring (bicyclic) bond motifs is 2. The maximum absolute atomic E-state index is 13.3. The van der Waals surface area contributed by atoms with Gasteiger partial charge < -0.3 is 9.64 Å². The molecule has 1 aromatic heterocycles. The lowest BCUT2D eigenvalue weighted by Crippen LogP contribution is -2.55. The minimum absolute atomic E-state index is 0.101. The first-order chi connectivity index (χ1) is 11.4. The summed E-state index contributed by atoms with van der Waals surface area (Å²) in [7, 11) is 1.14. The summed E-state index contributed by atoms with van der Waals surface area (Å²) in [5, 5.41) is 12.1. The van der Waals surface area contributed by atoms with Crippen molar-refractivity contribution in [1.29, 1.82) is 0 Å². The number of rotatable bonds is 3. The molecule has 134 valence electrons. The van der Waals surface area contributed by atoms with Gasteiger partial charge in [-0.15, -0.1) is 0 Å². The van der Waals surface area contributed by atoms with Gasteiger partial charge in [0.25, 0.3) is 0 Å². The molecule has 1 aliphatic heterocycles. The number of hydrogen-bond acceptors (Lipinski definition) is 5. The monoisotopic (exact) mass is 345 g/mol. The second-order valence-electron chi connectivity index (χ2n) is 7.35. The van der Waals surface area contributed by atoms with Gasteiger partial charge in [0.1, 0.15) is 0 Å². The summed E-state index contributed by atoms with van der Waals surface area (Å²) < 4.78 is 46.6. The van der Waals surface area contributed by atoms with Crippen LogP contribution in [0.1, 0.15) is 44.6 Å². The number of ether oxygens (including phenoxy) is 1. The van der Waals surface area contributed by atoms with Crippen LogP contribution in [0.2, 0.25) is 0 Å². The van der Waals surface area contributed by atoms with Gasteiger partial charge in [0, 0.05) is 33.0 Å². The Morgan fingerprint density at radius 3 is 2.46 bits per heavy atom. The van der Waals surface area contributed by atoms with Crippen LogP contribution < -0.4 is 4.90 Å². The Balaban J connectivity index is 1.50. The van der Waals surface area contributed by atoms with Gasteiger partial charge in [-0.2, -0.15) is 13.2 Å². The van der Waals surface area contributed by atoms with Gasteiger partial charge in [-0.25, -0.2) is 4.68 Å². The number of piperidine rings is 1. The summed E-state index contributed by atoms with van der Waals surface area (Å²) >= 11 is 0. The average Bonchev–Trinajstić information content (AvgIpc) is 3.29. The van der Waals surface area contributed by atoms with Gasteiger partial charge in [0.15, 0.2) is 5.60 Å². The molecule has 2 heterocycles. The van der Waals surface area contributed by atoms with Gasteiger partial charge in [0.2, 0.25) is 5.95 Å². The summed E-state index contributed by atoms with van der Waals surface area (Å²) in [6.07, 6.45) is 0.239. The van der Waals surface area contributed by atoms with Crippen LogP contribution in [0.3, 0.4) is 0 Å². The zero-order valence-corrected chi connectivity index (χ0v) is 13.7. The standard InChI is InChI=1S/C15H22F3N5O/c1-24-14(15(16,17)18)4-6-22(7-5-14)13-19-20-21-23(13)12-9-10-2-3-11(12)8-10/h10-12H,2-9H2,1H3. The number of halogens is 3. The fourth-order valence-corrected chi connectivity index (χ4v) is 4.79. The third-order valence-corrected chi connectivity index (χ3v) is 6.25. The van der Waals surface area contributed by atoms with Crippen molar-refractivity contribution in [3.63, 3.8) is 0 Å². The van der Waals surface area contributed by atoms with Crippen molar-refractivity contribution in [3.05, 3.63) is 0 Å². The number of anilines is 1. The number of tetrazole rings is 1. The van der Waals surface area contributed by atoms with E-state index in [-0.39, 0.29) is 25.9 Å². The van der Waals surface area contributed by atoms with Gasteiger partial charge in [-0.3, -0.25) is 0 Å². The van der Waals surface area contributed by atoms with Crippen LogP contribution in [0.5, 0.6) is 0 Å². The predicted octanol–water partition coefficient (Wildman–Crippen LogP) is 2.58. The summed E-state index contributed by atoms with van der Waals surface area (Å²) in [5.41, 5.74) is -2.05. The van der Waals surface area contributed by atoms with Crippen LogP contribution in [0.25, 0.3) is 0 Å². The zero-order valence-electron chi connectivity index (χ0n) is 13.7. The highest BCUT2D eigenvalue weighted by Crippen LogP contribution is 2.51. The molecule has 2 bridgehead atoms. The molecule has 0 N–H and O–H groups in total. The molecule has 24 heavy (non-hydrogen) atoms. The van der Waals surface area contributed by atoms with E-state index in [1.807, 2.05) is 9.58 Å². The number of alkyl halides is 3. The number of nitrogens with zero attached hydrogens (tertiary/aromatic N) is 5. The van der Waals surface area contributed by atoms with E-state index < -0.39 is 11.8 Å². The molecular formula is C15H22F3N5O. The molecule has 1 aromatic rings. The number of aromatic nitrogens is 4. The molecule has 3 fully saturated rings. The zero-order chi connectivity index (χ0) is 16.9. The highest BCUT2D eigenvalue weighted by atomic mass is 19.4. The summed E-state index contributed by atoms with van der Waals surface area (Å²) in [4.78, 5) is 1.87. The largest absolute Gasteiger partial charge is 0.417 e. The van der Waals surface area contributed by atoms with Crippen molar-refractivity contribution in [2.45, 2.75) is 56.3 Å². The molecule has 3 unspecified atom stereocenters. The Morgan fingerprint density at radius 2 is 1.92 bits per heavy atom. The highest BCUT2D eigenvalue weighted by molar-refractivity contribution is 5.31. The van der Waals surface area contributed by atoms with Crippen LogP contribution in [0.4, 0.5) is 19.1 Å². The van der Waals surface area contributed by atoms with E-state index in [4.69, 9.17) is 4.74 Å². The third-order valence-electron chi connectivity index (χ3n) is 6.25. The van der Waals surface area contributed by atoms with Crippen molar-refractivity contribution in [1.82, 2.24) is 20.2 Å². The number of hydrogen-bond donors (Lipinski definition) is 0. The van der Waals surface area contributed by atoms with Gasteiger partial charge in [-0.05, 0) is 41.5 Å². The fraction of sp³-hybridized carbons (Fsp3) is 0.933. The van der Waals surface area contributed by atoms with Crippen LogP contribution in [0, 0.1) is 11.8 Å². The van der Waals surface area contributed by atoms with E-state index in [1.54, 1.807) is 0 Å². The predicted molar refractivity (Wildman–Crippen MR) is 79.5 cm³/mol. The average molecular weight is 345 g/mol. The Kier molecular flexibility index (Phi) is 3.74. The van der Waals surface area contributed by atoms with Crippen LogP contribution >= 0.6 is 0 Å². The van der Waals surface area contributed by atoms with Gasteiger partial charge in [-0.1, -0.05) is 11.5 Å². The van der Waals surface area contributed by atoms with Crippen LogP contribution in [0.15, 0.2) is 0 Å². The SMILES string of the molecule is COC1(C(F)(F)F)CCN(c2nnnn2C2CC3CCC2C3)CC1. The molecular weight excluding hydrogens is 323 g/mol. The smallest absolute Gasteiger partial charge is 0.369 e. The first-order valence-electron chi connectivity index (χ1n) is 8.58. The minimum Gasteiger partial charge on any atom is -0.369 e. The first kappa shape index (κ1) is 16.1. The maximum Gasteiger partial charge on any atom is 0.417 e. The van der Waals surface area contributed by atoms with Gasteiger partial charge >= 0.3 is 6.18 Å². The highest BCUT2D eigenvalue weighted by Gasteiger charge is 2.56. The quantitative estimate of drug-likeness (QED) is 0.843. The molecule has 6 nitrogen and oxygen atoms in total. The Hall–Kier alpha value is -1.38. The van der Waals surface area contributed by atoms with E-state index in [0.29, 0.717) is 17.9 Å². The van der Waals surface area contributed by atoms with E-state index in [9.17, 15) is 13.2 Å². The second kappa shape index (κ2) is 5.57. The maximum atomic E-state index is 13.3. The minimum atomic E-state index is -4.36. The molecule has 1 saturated heterocycles. The topological polar surface area (TPSA) is 56.1 Å². The molecule has 3 aliphatic rings. The summed E-state index contributed by atoms with van der Waals surface area (Å²) in [6.45, 7) is 0.489. The lowest BCUT2D eigenvalue weighted by molar-refractivity contribution is -0.276. The third kappa shape index (κ3) is 2.39. The van der Waals surface area contributed by atoms with Crippen molar-refractivity contribution in [2.24, 2.45) is 11.8 Å². The second-order valence-corrected chi connectivity index (χ2v) is 7.35. The molecule has 0 amide bonds. The van der Waals surface area contributed by atoms with E-state index in [1.165, 1.54) is 19.3 Å². The normalized spacial score (nSPS) is 32.5. The molecule has 0 radical (unpaired) electrons. The molecule has 3 atom stereocenters. The first-order valence-corrected chi connectivity index (χ1v) is 8.58. The van der Waals surface area contributed by atoms with E-state index >= 15 is 0 Å². The molecule has 2 aliphatic carbocycles. The molecule has 0 aromatic carbocycles. The lowest BCUT2D eigenvalue weighted by atomic mass is 9.90. The van der Waals surface area contributed by atoms with Crippen molar-refractivity contribution < 1.29 is 17.9 Å². The molecule has 2 saturated carbocycles. The van der Waals surface area contributed by atoms with E-state index in [0.717, 1.165) is 19.4 Å². The Bertz CT molecular complexity index is 596. The Morgan fingerprint density at radius 1 is 1.17 bits per heavy atom. The van der Waals surface area contributed by atoms with Crippen molar-refractivity contribution in [3.8, 4) is 0 Å². The fourth-order valence-electron chi connectivity index (χ4n) is 4.79. The van der Waals surface area contributed by atoms with Crippen LogP contribution in [-0.4, -0.2) is 52.2 Å². The van der Waals surface area contributed by atoms with Crippen LogP contribution in [-0.2, 0) is 4.74 Å². The molecule has 0 spiro atoms. The molecule has 4 rings (SSSR count). The molecule has 9 heteroatoms. The Labute approximate surface area is 138 Å². The van der Waals surface area contributed by atoms with E-state index in [2.05, 4.69) is 15.5 Å². The van der Waals surface area contributed by atoms with Crippen molar-refractivity contribution in [2.75, 3.05) is 25.1 Å². The van der Waals surface area contributed by atoms with Gasteiger partial charge in [0.05, 0.1) is 6.04 Å². The van der Waals surface area contributed by atoms with Crippen molar-refractivity contribution >= 4 is 5.95 Å². The number of methoxy groups -OCH3 is 1. The summed E-state index contributed by atoms with van der Waals surface area (Å²) in [6, 6.07) is 0.297. The lowest BCUT2D eigenvalue weighted by Gasteiger charge is -2.42. The summed E-state index contributed by atoms with van der Waals surface area (Å²) in [5.74, 6) is 1.97.